The number of hydrogen-bond acceptors (Lipinski definition) is 13. The molecule has 0 saturated carbocycles. The Morgan fingerprint density at radius 3 is 2.15 bits per heavy atom. The lowest BCUT2D eigenvalue weighted by molar-refractivity contribution is -0.385. The number of nitro benzene ring substituents is 1. The van der Waals surface area contributed by atoms with E-state index in [-0.39, 0.29) is 36.1 Å². The van der Waals surface area contributed by atoms with Gasteiger partial charge in [0.2, 0.25) is 11.5 Å². The summed E-state index contributed by atoms with van der Waals surface area (Å²) in [6.45, 7) is 7.70. The van der Waals surface area contributed by atoms with Gasteiger partial charge in [-0.15, -0.1) is 0 Å². The summed E-state index contributed by atoms with van der Waals surface area (Å²) in [7, 11) is -1.56. The Balaban J connectivity index is 0.00000107. The van der Waals surface area contributed by atoms with Crippen molar-refractivity contribution in [2.24, 2.45) is 17.6 Å². The number of rotatable bonds is 7. The Hall–Kier alpha value is -4.10. The van der Waals surface area contributed by atoms with Gasteiger partial charge in [0.1, 0.15) is 17.1 Å². The number of nitrogens with two attached hydrogens (primary N) is 1. The highest BCUT2D eigenvalue weighted by molar-refractivity contribution is 7.79. The third-order valence-electron chi connectivity index (χ3n) is 8.78. The number of anilines is 1. The number of allylic oxidation sites excluding steroid dienone is 1. The molecule has 0 heterocycles. The molecule has 17 nitrogen and oxygen atoms in total. The van der Waals surface area contributed by atoms with Gasteiger partial charge in [0.05, 0.1) is 16.5 Å². The molecule has 1 aromatic rings. The first kappa shape index (κ1) is 36.4. The van der Waals surface area contributed by atoms with E-state index < -0.39 is 84.8 Å². The van der Waals surface area contributed by atoms with Crippen LogP contribution in [0.3, 0.4) is 0 Å². The fraction of sp³-hybridized carbons (Fsp3) is 0.536. The lowest BCUT2D eigenvalue weighted by Gasteiger charge is -2.50. The largest absolute Gasteiger partial charge is 0.510 e. The molecule has 1 aromatic carbocycles. The SMILES string of the molecule is CCC(C)N(c1cc([N+](=O)[O-])c(O)c2c1CC1CC3[C@H](N(C)C)C(O)=C(C(N)=O)C(=O)[C@@]3(O)C(O)=C1C2=O)C(C)C.O=S(=O)(O)O. The molecule has 3 unspecified atom stereocenters. The molecule has 8 N–H and O–H groups in total. The van der Waals surface area contributed by atoms with Gasteiger partial charge >= 0.3 is 16.1 Å². The van der Waals surface area contributed by atoms with Gasteiger partial charge in [0.25, 0.3) is 5.91 Å². The number of phenolic OH excluding ortho intramolecular Hbond substituents is 1. The third kappa shape index (κ3) is 6.05. The van der Waals surface area contributed by atoms with Crippen LogP contribution in [0.1, 0.15) is 56.5 Å². The first-order chi connectivity index (χ1) is 21.0. The van der Waals surface area contributed by atoms with Crippen molar-refractivity contribution in [2.45, 2.75) is 70.7 Å². The average molecular weight is 671 g/mol. The molecular formula is C28H38N4O13S. The molecule has 3 aliphatic carbocycles. The van der Waals surface area contributed by atoms with Crippen molar-refractivity contribution >= 4 is 39.2 Å². The highest BCUT2D eigenvalue weighted by Gasteiger charge is 2.63. The fourth-order valence-corrected chi connectivity index (χ4v) is 6.88. The van der Waals surface area contributed by atoms with Crippen molar-refractivity contribution in [3.05, 3.63) is 50.0 Å². The molecule has 5 atom stereocenters. The van der Waals surface area contributed by atoms with Gasteiger partial charge in [-0.3, -0.25) is 38.5 Å². The summed E-state index contributed by atoms with van der Waals surface area (Å²) in [5.41, 5.74) is 0.955. The van der Waals surface area contributed by atoms with Crippen molar-refractivity contribution < 1.29 is 57.3 Å². The summed E-state index contributed by atoms with van der Waals surface area (Å²) in [5, 5.41) is 57.1. The van der Waals surface area contributed by atoms with Gasteiger partial charge in [-0.2, -0.15) is 8.42 Å². The number of primary amides is 1. The van der Waals surface area contributed by atoms with Gasteiger partial charge in [0.15, 0.2) is 11.4 Å². The van der Waals surface area contributed by atoms with Crippen molar-refractivity contribution in [2.75, 3.05) is 19.0 Å². The van der Waals surface area contributed by atoms with E-state index in [1.165, 1.54) is 11.0 Å². The highest BCUT2D eigenvalue weighted by Crippen LogP contribution is 2.54. The van der Waals surface area contributed by atoms with Crippen LogP contribution >= 0.6 is 0 Å². The maximum Gasteiger partial charge on any atom is 0.394 e. The number of hydrogen-bond donors (Lipinski definition) is 7. The number of nitro groups is 1. The number of ketones is 2. The molecule has 254 valence electrons. The molecule has 3 aliphatic rings. The molecule has 0 spiro atoms. The summed E-state index contributed by atoms with van der Waals surface area (Å²) in [4.78, 5) is 54.2. The number of amides is 1. The molecule has 18 heteroatoms. The number of fused-ring (bicyclic) bond motifs is 3. The molecule has 46 heavy (non-hydrogen) atoms. The first-order valence-corrected chi connectivity index (χ1v) is 15.6. The summed E-state index contributed by atoms with van der Waals surface area (Å²) < 4.78 is 31.6. The zero-order valence-electron chi connectivity index (χ0n) is 26.0. The topological polar surface area (TPSA) is 282 Å². The first-order valence-electron chi connectivity index (χ1n) is 14.2. The minimum absolute atomic E-state index is 0.0368. The quantitative estimate of drug-likeness (QED) is 0.0934. The van der Waals surface area contributed by atoms with Gasteiger partial charge in [-0.25, -0.2) is 0 Å². The van der Waals surface area contributed by atoms with Crippen LogP contribution in [0, 0.1) is 22.0 Å². The van der Waals surface area contributed by atoms with E-state index in [0.29, 0.717) is 17.7 Å². The van der Waals surface area contributed by atoms with Crippen LogP contribution in [0.2, 0.25) is 0 Å². The van der Waals surface area contributed by atoms with Gasteiger partial charge in [0, 0.05) is 35.3 Å². The molecule has 0 bridgehead atoms. The number of aromatic hydroxyl groups is 1. The number of likely N-dealkylation sites (N-methyl/N-ethyl adjacent to an activating group) is 1. The van der Waals surface area contributed by atoms with Crippen molar-refractivity contribution in [3.63, 3.8) is 0 Å². The second kappa shape index (κ2) is 12.6. The van der Waals surface area contributed by atoms with E-state index in [4.69, 9.17) is 23.3 Å². The number of Topliss-reactive ketones (excluding diaryl/α,β-unsaturated/α-hetero) is 2. The Morgan fingerprint density at radius 2 is 1.72 bits per heavy atom. The molecule has 0 saturated heterocycles. The minimum atomic E-state index is -4.67. The van der Waals surface area contributed by atoms with Crippen LogP contribution in [-0.2, 0) is 26.4 Å². The normalized spacial score (nSPS) is 25.0. The second-order valence-electron chi connectivity index (χ2n) is 12.0. The van der Waals surface area contributed by atoms with Crippen molar-refractivity contribution in [1.29, 1.82) is 0 Å². The Morgan fingerprint density at radius 1 is 1.17 bits per heavy atom. The molecule has 0 fully saturated rings. The Kier molecular flexibility index (Phi) is 9.96. The smallest absolute Gasteiger partial charge is 0.394 e. The zero-order chi connectivity index (χ0) is 35.4. The number of carbonyl (C=O) groups is 3. The number of aliphatic hydroxyl groups excluding tert-OH is 2. The zero-order valence-corrected chi connectivity index (χ0v) is 26.8. The molecule has 4 rings (SSSR count). The number of aliphatic hydroxyl groups is 3. The lowest BCUT2D eigenvalue weighted by atomic mass is 9.58. The molecular weight excluding hydrogens is 632 g/mol. The van der Waals surface area contributed by atoms with Crippen LogP contribution in [0.5, 0.6) is 5.75 Å². The number of nitrogens with zero attached hydrogens (tertiary/aromatic N) is 3. The minimum Gasteiger partial charge on any atom is -0.510 e. The summed E-state index contributed by atoms with van der Waals surface area (Å²) in [5.74, 6) is -8.14. The van der Waals surface area contributed by atoms with Crippen molar-refractivity contribution in [1.82, 2.24) is 4.90 Å². The third-order valence-corrected chi connectivity index (χ3v) is 8.78. The second-order valence-corrected chi connectivity index (χ2v) is 12.9. The number of carbonyl (C=O) groups excluding carboxylic acids is 3. The molecule has 0 aliphatic heterocycles. The summed E-state index contributed by atoms with van der Waals surface area (Å²) in [6, 6.07) is -0.0960. The van der Waals surface area contributed by atoms with E-state index in [1.54, 1.807) is 14.1 Å². The molecule has 1 amide bonds. The van der Waals surface area contributed by atoms with Crippen LogP contribution in [0.15, 0.2) is 28.7 Å². The maximum absolute atomic E-state index is 14.1. The fourth-order valence-electron chi connectivity index (χ4n) is 6.88. The van der Waals surface area contributed by atoms with E-state index in [0.717, 1.165) is 0 Å². The number of benzene rings is 1. The standard InChI is InChI=1S/C28H36N4O9.H2O4S/c1-7-12(4)31(11(2)3)16-10-17(32(40)41)22(33)19-14(16)8-13-9-15-21(30(5)6)24(35)20(27(29)38)26(37)28(15,39)25(36)18(13)23(19)34;1-5(2,3)4/h10-13,15,21,33,35-36,39H,7-9H2,1-6H3,(H2,29,38);(H2,1,2,3,4)/t12?,13?,15?,21-,28-;/m0./s1. The van der Waals surface area contributed by atoms with E-state index in [2.05, 4.69) is 0 Å². The molecule has 0 radical (unpaired) electrons. The van der Waals surface area contributed by atoms with E-state index in [9.17, 15) is 44.9 Å². The lowest BCUT2D eigenvalue weighted by Crippen LogP contribution is -2.63. The monoisotopic (exact) mass is 670 g/mol. The van der Waals surface area contributed by atoms with Gasteiger partial charge in [-0.05, 0) is 65.6 Å². The van der Waals surface area contributed by atoms with Gasteiger partial charge in [-0.1, -0.05) is 6.92 Å². The number of phenols is 1. The van der Waals surface area contributed by atoms with Crippen LogP contribution in [0.4, 0.5) is 11.4 Å². The van der Waals surface area contributed by atoms with Crippen LogP contribution < -0.4 is 10.6 Å². The molecule has 0 aromatic heterocycles. The van der Waals surface area contributed by atoms with Crippen molar-refractivity contribution in [3.8, 4) is 5.75 Å². The van der Waals surface area contributed by atoms with E-state index >= 15 is 0 Å². The maximum atomic E-state index is 14.1. The summed E-state index contributed by atoms with van der Waals surface area (Å²) in [6.07, 6.45) is 0.642. The summed E-state index contributed by atoms with van der Waals surface area (Å²) >= 11 is 0. The average Bonchev–Trinajstić information content (AvgIpc) is 2.90. The van der Waals surface area contributed by atoms with Gasteiger partial charge < -0.3 is 31.1 Å². The van der Waals surface area contributed by atoms with Crippen LogP contribution in [0.25, 0.3) is 0 Å². The van der Waals surface area contributed by atoms with E-state index in [1.807, 2.05) is 32.6 Å². The highest BCUT2D eigenvalue weighted by atomic mass is 32.3. The Labute approximate surface area is 264 Å². The van der Waals surface area contributed by atoms with Crippen LogP contribution in [-0.4, -0.2) is 103 Å². The predicted molar refractivity (Wildman–Crippen MR) is 162 cm³/mol. The predicted octanol–water partition coefficient (Wildman–Crippen LogP) is 1.39. The Bertz CT molecular complexity index is 1660.